The van der Waals surface area contributed by atoms with Gasteiger partial charge in [0.25, 0.3) is 0 Å². The molecule has 1 aliphatic heterocycles. The highest BCUT2D eigenvalue weighted by Crippen LogP contribution is 2.28. The normalized spacial score (nSPS) is 20.6. The van der Waals surface area contributed by atoms with E-state index in [1.54, 1.807) is 10.4 Å². The van der Waals surface area contributed by atoms with Crippen LogP contribution in [0.15, 0.2) is 29.2 Å². The van der Waals surface area contributed by atoms with Gasteiger partial charge in [0.05, 0.1) is 4.90 Å². The molecule has 4 nitrogen and oxygen atoms in total. The van der Waals surface area contributed by atoms with Gasteiger partial charge in [-0.05, 0) is 49.8 Å². The van der Waals surface area contributed by atoms with Crippen LogP contribution in [0.2, 0.25) is 0 Å². The van der Waals surface area contributed by atoms with Crippen LogP contribution in [-0.4, -0.2) is 32.4 Å². The maximum Gasteiger partial charge on any atom is 0.243 e. The number of nitrogens with one attached hydrogen (secondary N) is 1. The van der Waals surface area contributed by atoms with Crippen molar-refractivity contribution in [2.75, 3.05) is 19.6 Å². The summed E-state index contributed by atoms with van der Waals surface area (Å²) < 4.78 is 27.3. The Balaban J connectivity index is 1.75. The average molecular weight is 308 g/mol. The molecular formula is C16H24N2O2S. The van der Waals surface area contributed by atoms with Crippen LogP contribution in [-0.2, 0) is 16.6 Å². The fourth-order valence-corrected chi connectivity index (χ4v) is 4.62. The summed E-state index contributed by atoms with van der Waals surface area (Å²) in [6.45, 7) is 2.95. The molecule has 1 aliphatic carbocycles. The quantitative estimate of drug-likeness (QED) is 0.877. The molecule has 21 heavy (non-hydrogen) atoms. The van der Waals surface area contributed by atoms with Crippen molar-refractivity contribution in [3.8, 4) is 0 Å². The van der Waals surface area contributed by atoms with E-state index in [1.807, 2.05) is 18.2 Å². The van der Waals surface area contributed by atoms with Gasteiger partial charge in [-0.25, -0.2) is 8.42 Å². The molecule has 1 saturated carbocycles. The lowest BCUT2D eigenvalue weighted by Crippen LogP contribution is -2.36. The van der Waals surface area contributed by atoms with Gasteiger partial charge in [0.2, 0.25) is 10.0 Å². The van der Waals surface area contributed by atoms with E-state index in [0.29, 0.717) is 24.5 Å². The van der Waals surface area contributed by atoms with Crippen molar-refractivity contribution in [2.24, 2.45) is 5.92 Å². The summed E-state index contributed by atoms with van der Waals surface area (Å²) in [5, 5.41) is 3.40. The van der Waals surface area contributed by atoms with Crippen LogP contribution in [0.3, 0.4) is 0 Å². The minimum Gasteiger partial charge on any atom is -0.312 e. The molecular weight excluding hydrogens is 284 g/mol. The summed E-state index contributed by atoms with van der Waals surface area (Å²) in [6, 6.07) is 7.42. The molecule has 2 fully saturated rings. The zero-order valence-corrected chi connectivity index (χ0v) is 13.2. The summed E-state index contributed by atoms with van der Waals surface area (Å²) in [4.78, 5) is 0.482. The van der Waals surface area contributed by atoms with Crippen molar-refractivity contribution in [3.63, 3.8) is 0 Å². The van der Waals surface area contributed by atoms with Crippen LogP contribution < -0.4 is 5.32 Å². The summed E-state index contributed by atoms with van der Waals surface area (Å²) in [5.74, 6) is 0.802. The number of piperidine rings is 1. The van der Waals surface area contributed by atoms with E-state index in [2.05, 4.69) is 5.32 Å². The van der Waals surface area contributed by atoms with E-state index < -0.39 is 10.0 Å². The lowest BCUT2D eigenvalue weighted by molar-refractivity contribution is 0.346. The number of benzene rings is 1. The maximum absolute atomic E-state index is 12.8. The molecule has 0 bridgehead atoms. The molecule has 0 radical (unpaired) electrons. The molecule has 0 atom stereocenters. The Morgan fingerprint density at radius 2 is 1.81 bits per heavy atom. The third-order valence-electron chi connectivity index (χ3n) is 4.35. The smallest absolute Gasteiger partial charge is 0.243 e. The Morgan fingerprint density at radius 3 is 2.52 bits per heavy atom. The molecule has 116 valence electrons. The SMILES string of the molecule is O=S(=O)(c1ccccc1CNCC1CC1)N1CCCCC1. The Kier molecular flexibility index (Phi) is 4.62. The van der Waals surface area contributed by atoms with Gasteiger partial charge in [-0.2, -0.15) is 4.31 Å². The summed E-state index contributed by atoms with van der Waals surface area (Å²) in [6.07, 6.45) is 5.70. The average Bonchev–Trinajstić information content (AvgIpc) is 3.33. The molecule has 1 aromatic rings. The third kappa shape index (κ3) is 3.65. The molecule has 1 N–H and O–H groups in total. The fourth-order valence-electron chi connectivity index (χ4n) is 2.88. The van der Waals surface area contributed by atoms with Gasteiger partial charge in [0, 0.05) is 19.6 Å². The highest BCUT2D eigenvalue weighted by atomic mass is 32.2. The van der Waals surface area contributed by atoms with E-state index in [-0.39, 0.29) is 0 Å². The maximum atomic E-state index is 12.8. The molecule has 1 aromatic carbocycles. The van der Waals surface area contributed by atoms with Gasteiger partial charge in [0.1, 0.15) is 0 Å². The van der Waals surface area contributed by atoms with Gasteiger partial charge in [0.15, 0.2) is 0 Å². The monoisotopic (exact) mass is 308 g/mol. The molecule has 0 unspecified atom stereocenters. The number of nitrogens with zero attached hydrogens (tertiary/aromatic N) is 1. The van der Waals surface area contributed by atoms with Crippen LogP contribution in [0.25, 0.3) is 0 Å². The molecule has 1 heterocycles. The lowest BCUT2D eigenvalue weighted by Gasteiger charge is -2.26. The van der Waals surface area contributed by atoms with Crippen LogP contribution in [0.5, 0.6) is 0 Å². The standard InChI is InChI=1S/C16H24N2O2S/c19-21(20,18-10-4-1-5-11-18)16-7-3-2-6-15(16)13-17-12-14-8-9-14/h2-3,6-7,14,17H,1,4-5,8-13H2. The van der Waals surface area contributed by atoms with Crippen LogP contribution >= 0.6 is 0 Å². The summed E-state index contributed by atoms with van der Waals surface area (Å²) in [7, 11) is -3.33. The Labute approximate surface area is 127 Å². The molecule has 2 aliphatic rings. The van der Waals surface area contributed by atoms with Crippen molar-refractivity contribution in [1.82, 2.24) is 9.62 Å². The zero-order chi connectivity index (χ0) is 14.7. The van der Waals surface area contributed by atoms with E-state index in [4.69, 9.17) is 0 Å². The molecule has 5 heteroatoms. The van der Waals surface area contributed by atoms with E-state index in [9.17, 15) is 8.42 Å². The van der Waals surface area contributed by atoms with Gasteiger partial charge >= 0.3 is 0 Å². The van der Waals surface area contributed by atoms with E-state index >= 15 is 0 Å². The predicted molar refractivity (Wildman–Crippen MR) is 83.5 cm³/mol. The van der Waals surface area contributed by atoms with Crippen LogP contribution in [0.1, 0.15) is 37.7 Å². The number of hydrogen-bond acceptors (Lipinski definition) is 3. The van der Waals surface area contributed by atoms with Crippen molar-refractivity contribution in [3.05, 3.63) is 29.8 Å². The first kappa shape index (κ1) is 15.0. The highest BCUT2D eigenvalue weighted by molar-refractivity contribution is 7.89. The summed E-state index contributed by atoms with van der Waals surface area (Å²) >= 11 is 0. The molecule has 0 aromatic heterocycles. The van der Waals surface area contributed by atoms with E-state index in [0.717, 1.165) is 37.3 Å². The van der Waals surface area contributed by atoms with Crippen LogP contribution in [0, 0.1) is 5.92 Å². The van der Waals surface area contributed by atoms with Gasteiger partial charge in [-0.1, -0.05) is 24.6 Å². The second-order valence-electron chi connectivity index (χ2n) is 6.15. The van der Waals surface area contributed by atoms with Gasteiger partial charge in [-0.15, -0.1) is 0 Å². The first-order valence-corrected chi connectivity index (χ1v) is 9.41. The van der Waals surface area contributed by atoms with E-state index in [1.165, 1.54) is 12.8 Å². The first-order chi connectivity index (χ1) is 10.2. The Bertz CT molecular complexity index is 576. The Hall–Kier alpha value is -0.910. The number of sulfonamides is 1. The lowest BCUT2D eigenvalue weighted by atomic mass is 10.2. The number of rotatable bonds is 6. The minimum atomic E-state index is -3.33. The van der Waals surface area contributed by atoms with Crippen molar-refractivity contribution >= 4 is 10.0 Å². The zero-order valence-electron chi connectivity index (χ0n) is 12.4. The third-order valence-corrected chi connectivity index (χ3v) is 6.35. The summed E-state index contributed by atoms with van der Waals surface area (Å²) in [5.41, 5.74) is 0.892. The largest absolute Gasteiger partial charge is 0.312 e. The molecule has 0 spiro atoms. The molecule has 3 rings (SSSR count). The topological polar surface area (TPSA) is 49.4 Å². The molecule has 0 amide bonds. The molecule has 1 saturated heterocycles. The van der Waals surface area contributed by atoms with Crippen molar-refractivity contribution in [2.45, 2.75) is 43.5 Å². The fraction of sp³-hybridized carbons (Fsp3) is 0.625. The Morgan fingerprint density at radius 1 is 1.10 bits per heavy atom. The minimum absolute atomic E-state index is 0.482. The van der Waals surface area contributed by atoms with Crippen molar-refractivity contribution in [1.29, 1.82) is 0 Å². The van der Waals surface area contributed by atoms with Crippen molar-refractivity contribution < 1.29 is 8.42 Å². The second kappa shape index (κ2) is 6.46. The van der Waals surface area contributed by atoms with Gasteiger partial charge in [-0.3, -0.25) is 0 Å². The number of hydrogen-bond donors (Lipinski definition) is 1. The first-order valence-electron chi connectivity index (χ1n) is 7.97. The second-order valence-corrected chi connectivity index (χ2v) is 8.05. The van der Waals surface area contributed by atoms with Crippen LogP contribution in [0.4, 0.5) is 0 Å². The van der Waals surface area contributed by atoms with Gasteiger partial charge < -0.3 is 5.32 Å². The highest BCUT2D eigenvalue weighted by Gasteiger charge is 2.28. The predicted octanol–water partition coefficient (Wildman–Crippen LogP) is 2.36.